The number of aliphatic carboxylic acids is 1. The molecular weight excluding hydrogens is 406 g/mol. The first-order valence-electron chi connectivity index (χ1n) is 11.9. The molecule has 0 aliphatic heterocycles. The summed E-state index contributed by atoms with van der Waals surface area (Å²) in [6.07, 6.45) is 6.18. The molecule has 3 rings (SSSR count). The van der Waals surface area contributed by atoms with Gasteiger partial charge in [0.25, 0.3) is 0 Å². The van der Waals surface area contributed by atoms with Crippen molar-refractivity contribution in [3.63, 3.8) is 0 Å². The van der Waals surface area contributed by atoms with E-state index in [2.05, 4.69) is 26.0 Å². The summed E-state index contributed by atoms with van der Waals surface area (Å²) in [4.78, 5) is 16.3. The molecule has 1 aliphatic carbocycles. The Morgan fingerprint density at radius 1 is 1.25 bits per heavy atom. The summed E-state index contributed by atoms with van der Waals surface area (Å²) >= 11 is 0. The van der Waals surface area contributed by atoms with Crippen LogP contribution in [-0.4, -0.2) is 34.4 Å². The highest BCUT2D eigenvalue weighted by atomic mass is 16.5. The van der Waals surface area contributed by atoms with Gasteiger partial charge in [-0.1, -0.05) is 44.4 Å². The highest BCUT2D eigenvalue weighted by Gasteiger charge is 2.35. The van der Waals surface area contributed by atoms with Gasteiger partial charge in [0.15, 0.2) is 5.60 Å². The number of hydrogen-bond donors (Lipinski definition) is 1. The van der Waals surface area contributed by atoms with E-state index < -0.39 is 11.6 Å². The Kier molecular flexibility index (Phi) is 8.49. The zero-order valence-corrected chi connectivity index (χ0v) is 19.9. The topological polar surface area (TPSA) is 81.8 Å². The lowest BCUT2D eigenvalue weighted by molar-refractivity contribution is -0.167. The fourth-order valence-electron chi connectivity index (χ4n) is 4.35. The SMILES string of the molecule is CCCC(C)(OCC1CCC[C@H](OCc2nc(-c3ccc(C)cc3)oc2CC)C1)C(=O)O. The van der Waals surface area contributed by atoms with Crippen molar-refractivity contribution in [1.29, 1.82) is 0 Å². The molecule has 2 aromatic rings. The molecule has 1 saturated carbocycles. The lowest BCUT2D eigenvalue weighted by Crippen LogP contribution is -2.40. The van der Waals surface area contributed by atoms with Crippen LogP contribution in [0.1, 0.15) is 76.3 Å². The number of carbonyl (C=O) groups is 1. The van der Waals surface area contributed by atoms with Gasteiger partial charge in [-0.25, -0.2) is 9.78 Å². The van der Waals surface area contributed by atoms with Crippen LogP contribution in [0, 0.1) is 12.8 Å². The Hall–Kier alpha value is -2.18. The molecule has 2 unspecified atom stereocenters. The molecule has 6 heteroatoms. The first-order chi connectivity index (χ1) is 15.3. The van der Waals surface area contributed by atoms with Crippen molar-refractivity contribution in [2.45, 2.75) is 91.0 Å². The van der Waals surface area contributed by atoms with Gasteiger partial charge < -0.3 is 19.0 Å². The lowest BCUT2D eigenvalue weighted by Gasteiger charge is -2.32. The van der Waals surface area contributed by atoms with E-state index in [4.69, 9.17) is 18.9 Å². The van der Waals surface area contributed by atoms with Crippen LogP contribution in [0.15, 0.2) is 28.7 Å². The van der Waals surface area contributed by atoms with Crippen molar-refractivity contribution < 1.29 is 23.8 Å². The molecule has 176 valence electrons. The smallest absolute Gasteiger partial charge is 0.335 e. The zero-order valence-electron chi connectivity index (χ0n) is 19.9. The molecule has 0 radical (unpaired) electrons. The number of ether oxygens (including phenoxy) is 2. The molecule has 1 aliphatic rings. The summed E-state index contributed by atoms with van der Waals surface area (Å²) in [6, 6.07) is 8.17. The van der Waals surface area contributed by atoms with Gasteiger partial charge in [-0.15, -0.1) is 0 Å². The number of benzene rings is 1. The summed E-state index contributed by atoms with van der Waals surface area (Å²) in [5.74, 6) is 0.938. The van der Waals surface area contributed by atoms with Gasteiger partial charge in [0.1, 0.15) is 11.5 Å². The van der Waals surface area contributed by atoms with E-state index in [1.807, 2.05) is 19.1 Å². The minimum Gasteiger partial charge on any atom is -0.479 e. The Morgan fingerprint density at radius 2 is 2.00 bits per heavy atom. The van der Waals surface area contributed by atoms with E-state index in [-0.39, 0.29) is 6.10 Å². The largest absolute Gasteiger partial charge is 0.479 e. The van der Waals surface area contributed by atoms with Crippen molar-refractivity contribution in [3.05, 3.63) is 41.3 Å². The van der Waals surface area contributed by atoms with E-state index in [1.165, 1.54) is 5.56 Å². The van der Waals surface area contributed by atoms with Crippen molar-refractivity contribution in [2.75, 3.05) is 6.61 Å². The maximum Gasteiger partial charge on any atom is 0.335 e. The maximum absolute atomic E-state index is 11.6. The van der Waals surface area contributed by atoms with Gasteiger partial charge in [-0.05, 0) is 57.6 Å². The summed E-state index contributed by atoms with van der Waals surface area (Å²) in [5, 5.41) is 9.54. The van der Waals surface area contributed by atoms with Gasteiger partial charge in [-0.3, -0.25) is 0 Å². The molecular formula is C26H37NO5. The zero-order chi connectivity index (χ0) is 23.1. The third kappa shape index (κ3) is 6.20. The van der Waals surface area contributed by atoms with Gasteiger partial charge >= 0.3 is 5.97 Å². The number of aryl methyl sites for hydroxylation is 2. The monoisotopic (exact) mass is 443 g/mol. The number of hydrogen-bond acceptors (Lipinski definition) is 5. The summed E-state index contributed by atoms with van der Waals surface area (Å²) in [7, 11) is 0. The molecule has 0 saturated heterocycles. The highest BCUT2D eigenvalue weighted by Crippen LogP contribution is 2.30. The van der Waals surface area contributed by atoms with Crippen LogP contribution in [0.2, 0.25) is 0 Å². The fourth-order valence-corrected chi connectivity index (χ4v) is 4.35. The fraction of sp³-hybridized carbons (Fsp3) is 0.615. The molecule has 1 N–H and O–H groups in total. The predicted octanol–water partition coefficient (Wildman–Crippen LogP) is 5.95. The summed E-state index contributed by atoms with van der Waals surface area (Å²) in [6.45, 7) is 8.67. The average molecular weight is 444 g/mol. The van der Waals surface area contributed by atoms with E-state index in [1.54, 1.807) is 6.92 Å². The number of rotatable bonds is 11. The molecule has 0 spiro atoms. The molecule has 0 amide bonds. The summed E-state index contributed by atoms with van der Waals surface area (Å²) in [5.41, 5.74) is 1.93. The van der Waals surface area contributed by atoms with Gasteiger partial charge in [0, 0.05) is 12.0 Å². The Labute approximate surface area is 191 Å². The standard InChI is InChI=1S/C26H37NO5/c1-5-14-26(4,25(28)29)31-16-19-8-7-9-21(15-19)30-17-22-23(6-2)32-24(27-22)20-12-10-18(3)11-13-20/h10-13,19,21H,5-9,14-17H2,1-4H3,(H,28,29)/t19?,21-,26?/m0/s1. The second kappa shape index (κ2) is 11.1. The third-order valence-corrected chi connectivity index (χ3v) is 6.41. The molecule has 1 heterocycles. The number of oxazole rings is 1. The van der Waals surface area contributed by atoms with E-state index in [9.17, 15) is 9.90 Å². The molecule has 32 heavy (non-hydrogen) atoms. The minimum atomic E-state index is -1.11. The lowest BCUT2D eigenvalue weighted by atomic mass is 9.87. The average Bonchev–Trinajstić information content (AvgIpc) is 3.20. The second-order valence-electron chi connectivity index (χ2n) is 9.17. The van der Waals surface area contributed by atoms with E-state index >= 15 is 0 Å². The Bertz CT molecular complexity index is 875. The molecule has 3 atom stereocenters. The number of carboxylic acids is 1. The molecule has 0 bridgehead atoms. The van der Waals surface area contributed by atoms with E-state index in [0.717, 1.165) is 55.5 Å². The van der Waals surface area contributed by atoms with Crippen molar-refractivity contribution in [2.24, 2.45) is 5.92 Å². The molecule has 1 fully saturated rings. The van der Waals surface area contributed by atoms with Crippen LogP contribution in [-0.2, 0) is 27.3 Å². The van der Waals surface area contributed by atoms with Crippen LogP contribution < -0.4 is 0 Å². The van der Waals surface area contributed by atoms with Gasteiger partial charge in [-0.2, -0.15) is 0 Å². The van der Waals surface area contributed by atoms with Crippen molar-refractivity contribution in [3.8, 4) is 11.5 Å². The molecule has 1 aromatic heterocycles. The summed E-state index contributed by atoms with van der Waals surface area (Å²) < 4.78 is 18.1. The van der Waals surface area contributed by atoms with Gasteiger partial charge in [0.05, 0.1) is 19.3 Å². The van der Waals surface area contributed by atoms with Gasteiger partial charge in [0.2, 0.25) is 5.89 Å². The van der Waals surface area contributed by atoms with Crippen LogP contribution in [0.5, 0.6) is 0 Å². The normalized spacial score (nSPS) is 20.8. The second-order valence-corrected chi connectivity index (χ2v) is 9.17. The highest BCUT2D eigenvalue weighted by molar-refractivity contribution is 5.76. The number of carboxylic acid groups (broad SMARTS) is 1. The molecule has 1 aromatic carbocycles. The third-order valence-electron chi connectivity index (χ3n) is 6.41. The number of aromatic nitrogens is 1. The Morgan fingerprint density at radius 3 is 2.66 bits per heavy atom. The van der Waals surface area contributed by atoms with E-state index in [0.29, 0.717) is 31.4 Å². The molecule has 6 nitrogen and oxygen atoms in total. The number of nitrogens with zero attached hydrogens (tertiary/aromatic N) is 1. The first kappa shape index (κ1) is 24.5. The van der Waals surface area contributed by atoms with Crippen LogP contribution >= 0.6 is 0 Å². The Balaban J connectivity index is 1.56. The minimum absolute atomic E-state index is 0.129. The van der Waals surface area contributed by atoms with Crippen LogP contribution in [0.3, 0.4) is 0 Å². The first-order valence-corrected chi connectivity index (χ1v) is 11.9. The maximum atomic E-state index is 11.6. The van der Waals surface area contributed by atoms with Crippen molar-refractivity contribution >= 4 is 5.97 Å². The van der Waals surface area contributed by atoms with Crippen molar-refractivity contribution in [1.82, 2.24) is 4.98 Å². The quantitative estimate of drug-likeness (QED) is 0.462. The van der Waals surface area contributed by atoms with Crippen LogP contribution in [0.4, 0.5) is 0 Å². The predicted molar refractivity (Wildman–Crippen MR) is 123 cm³/mol. The van der Waals surface area contributed by atoms with Crippen LogP contribution in [0.25, 0.3) is 11.5 Å².